The third-order valence-corrected chi connectivity index (χ3v) is 5.23. The number of hydrogen-bond acceptors (Lipinski definition) is 3. The minimum atomic E-state index is 0.612. The van der Waals surface area contributed by atoms with Crippen molar-refractivity contribution in [3.63, 3.8) is 0 Å². The molecule has 1 fully saturated rings. The summed E-state index contributed by atoms with van der Waals surface area (Å²) in [7, 11) is 0. The Balaban J connectivity index is 2.51. The highest BCUT2D eigenvalue weighted by atomic mass is 32.2. The molecule has 0 aromatic heterocycles. The van der Waals surface area contributed by atoms with Crippen LogP contribution in [0.5, 0.6) is 0 Å². The molecule has 0 heterocycles. The van der Waals surface area contributed by atoms with Gasteiger partial charge in [-0.15, -0.1) is 0 Å². The predicted molar refractivity (Wildman–Crippen MR) is 88.9 cm³/mol. The van der Waals surface area contributed by atoms with Crippen molar-refractivity contribution in [2.45, 2.75) is 71.4 Å². The van der Waals surface area contributed by atoms with Crippen molar-refractivity contribution in [2.75, 3.05) is 24.6 Å². The van der Waals surface area contributed by atoms with Crippen LogP contribution in [0.2, 0.25) is 0 Å². The molecule has 0 saturated heterocycles. The van der Waals surface area contributed by atoms with E-state index in [1.165, 1.54) is 56.6 Å². The van der Waals surface area contributed by atoms with Gasteiger partial charge in [-0.05, 0) is 49.7 Å². The summed E-state index contributed by atoms with van der Waals surface area (Å²) >= 11 is 2.05. The molecule has 1 aliphatic carbocycles. The van der Waals surface area contributed by atoms with E-state index in [9.17, 15) is 0 Å². The van der Waals surface area contributed by atoms with Crippen LogP contribution in [0.25, 0.3) is 0 Å². The van der Waals surface area contributed by atoms with Gasteiger partial charge in [-0.25, -0.2) is 0 Å². The van der Waals surface area contributed by atoms with Gasteiger partial charge >= 0.3 is 0 Å². The minimum Gasteiger partial charge on any atom is -0.329 e. The van der Waals surface area contributed by atoms with Crippen molar-refractivity contribution >= 4 is 11.8 Å². The zero-order valence-corrected chi connectivity index (χ0v) is 14.1. The summed E-state index contributed by atoms with van der Waals surface area (Å²) in [6.07, 6.45) is 8.22. The highest BCUT2D eigenvalue weighted by Crippen LogP contribution is 2.27. The van der Waals surface area contributed by atoms with Gasteiger partial charge in [0.1, 0.15) is 0 Å². The van der Waals surface area contributed by atoms with E-state index >= 15 is 0 Å². The lowest BCUT2D eigenvalue weighted by Gasteiger charge is -2.36. The van der Waals surface area contributed by atoms with Gasteiger partial charge in [-0.3, -0.25) is 4.90 Å². The first-order chi connectivity index (χ1) is 9.19. The van der Waals surface area contributed by atoms with Crippen LogP contribution in [0.3, 0.4) is 0 Å². The molecule has 0 spiro atoms. The van der Waals surface area contributed by atoms with Crippen LogP contribution < -0.4 is 5.73 Å². The molecular weight excluding hydrogens is 252 g/mol. The lowest BCUT2D eigenvalue weighted by molar-refractivity contribution is 0.128. The zero-order chi connectivity index (χ0) is 14.1. The van der Waals surface area contributed by atoms with Crippen LogP contribution in [0.1, 0.15) is 59.3 Å². The first-order valence-electron chi connectivity index (χ1n) is 8.22. The van der Waals surface area contributed by atoms with Crippen molar-refractivity contribution in [3.8, 4) is 0 Å². The van der Waals surface area contributed by atoms with Crippen LogP contribution in [0, 0.1) is 5.92 Å². The number of thioether (sulfide) groups is 1. The summed E-state index contributed by atoms with van der Waals surface area (Å²) in [5, 5.41) is 0. The Morgan fingerprint density at radius 1 is 1.21 bits per heavy atom. The van der Waals surface area contributed by atoms with Crippen LogP contribution in [0.15, 0.2) is 0 Å². The largest absolute Gasteiger partial charge is 0.329 e. The molecule has 2 N–H and O–H groups in total. The van der Waals surface area contributed by atoms with E-state index in [0.29, 0.717) is 6.04 Å². The number of nitrogens with zero attached hydrogens (tertiary/aromatic N) is 1. The van der Waals surface area contributed by atoms with Crippen molar-refractivity contribution in [3.05, 3.63) is 0 Å². The minimum absolute atomic E-state index is 0.612. The number of hydrogen-bond donors (Lipinski definition) is 1. The molecule has 114 valence electrons. The summed E-state index contributed by atoms with van der Waals surface area (Å²) < 4.78 is 0. The summed E-state index contributed by atoms with van der Waals surface area (Å²) in [5.41, 5.74) is 6.08. The Kier molecular flexibility index (Phi) is 9.17. The van der Waals surface area contributed by atoms with Crippen molar-refractivity contribution < 1.29 is 0 Å². The average Bonchev–Trinajstić information content (AvgIpc) is 2.90. The molecule has 0 bridgehead atoms. The molecule has 2 nitrogen and oxygen atoms in total. The Hall–Kier alpha value is 0.270. The van der Waals surface area contributed by atoms with Gasteiger partial charge in [0.25, 0.3) is 0 Å². The van der Waals surface area contributed by atoms with E-state index in [1.807, 2.05) is 0 Å². The van der Waals surface area contributed by atoms with Gasteiger partial charge in [0.15, 0.2) is 0 Å². The van der Waals surface area contributed by atoms with Crippen LogP contribution in [-0.4, -0.2) is 41.6 Å². The predicted octanol–water partition coefficient (Wildman–Crippen LogP) is 3.75. The second-order valence-electron chi connectivity index (χ2n) is 6.23. The molecule has 0 radical (unpaired) electrons. The van der Waals surface area contributed by atoms with Gasteiger partial charge in [-0.1, -0.05) is 33.6 Å². The molecule has 1 saturated carbocycles. The lowest BCUT2D eigenvalue weighted by Crippen LogP contribution is -2.47. The van der Waals surface area contributed by atoms with Gasteiger partial charge < -0.3 is 5.73 Å². The molecule has 0 aliphatic heterocycles. The second-order valence-corrected chi connectivity index (χ2v) is 7.63. The van der Waals surface area contributed by atoms with E-state index in [1.54, 1.807) is 0 Å². The summed E-state index contributed by atoms with van der Waals surface area (Å²) in [6, 6.07) is 1.43. The summed E-state index contributed by atoms with van der Waals surface area (Å²) in [6.45, 7) is 8.99. The van der Waals surface area contributed by atoms with E-state index in [4.69, 9.17) is 5.73 Å². The standard InChI is InChI=1S/C16H34N2S/c1-4-19-12-10-16(13-17)18(11-9-14(2)3)15-7-5-6-8-15/h14-16H,4-13,17H2,1-3H3. The second kappa shape index (κ2) is 10.1. The first kappa shape index (κ1) is 17.3. The molecular formula is C16H34N2S. The Morgan fingerprint density at radius 2 is 1.89 bits per heavy atom. The quantitative estimate of drug-likeness (QED) is 0.620. The molecule has 1 aliphatic rings. The fraction of sp³-hybridized carbons (Fsp3) is 1.00. The molecule has 0 amide bonds. The van der Waals surface area contributed by atoms with Crippen LogP contribution >= 0.6 is 11.8 Å². The first-order valence-corrected chi connectivity index (χ1v) is 9.38. The summed E-state index contributed by atoms with van der Waals surface area (Å²) in [5.74, 6) is 3.29. The Bertz CT molecular complexity index is 215. The van der Waals surface area contributed by atoms with Crippen LogP contribution in [-0.2, 0) is 0 Å². The molecule has 1 unspecified atom stereocenters. The third kappa shape index (κ3) is 6.50. The maximum absolute atomic E-state index is 6.08. The van der Waals surface area contributed by atoms with E-state index in [2.05, 4.69) is 37.4 Å². The zero-order valence-electron chi connectivity index (χ0n) is 13.2. The highest BCUT2D eigenvalue weighted by molar-refractivity contribution is 7.99. The average molecular weight is 287 g/mol. The monoisotopic (exact) mass is 286 g/mol. The molecule has 3 heteroatoms. The van der Waals surface area contributed by atoms with Gasteiger partial charge in [-0.2, -0.15) is 11.8 Å². The Morgan fingerprint density at radius 3 is 2.42 bits per heavy atom. The molecule has 0 aromatic carbocycles. The fourth-order valence-corrected chi connectivity index (χ4v) is 3.82. The van der Waals surface area contributed by atoms with Crippen molar-refractivity contribution in [1.29, 1.82) is 0 Å². The number of rotatable bonds is 10. The van der Waals surface area contributed by atoms with Crippen LogP contribution in [0.4, 0.5) is 0 Å². The normalized spacial score (nSPS) is 18.6. The fourth-order valence-electron chi connectivity index (χ4n) is 3.09. The maximum atomic E-state index is 6.08. The van der Waals surface area contributed by atoms with Gasteiger partial charge in [0, 0.05) is 18.6 Å². The lowest BCUT2D eigenvalue weighted by atomic mass is 10.0. The molecule has 19 heavy (non-hydrogen) atoms. The topological polar surface area (TPSA) is 29.3 Å². The molecule has 1 rings (SSSR count). The van der Waals surface area contributed by atoms with Crippen molar-refractivity contribution in [2.24, 2.45) is 11.7 Å². The Labute approximate surface area is 124 Å². The maximum Gasteiger partial charge on any atom is 0.0229 e. The molecule has 0 aromatic rings. The smallest absolute Gasteiger partial charge is 0.0229 e. The highest BCUT2D eigenvalue weighted by Gasteiger charge is 2.27. The van der Waals surface area contributed by atoms with Gasteiger partial charge in [0.05, 0.1) is 0 Å². The van der Waals surface area contributed by atoms with E-state index in [0.717, 1.165) is 18.5 Å². The summed E-state index contributed by atoms with van der Waals surface area (Å²) in [4.78, 5) is 2.77. The number of nitrogens with two attached hydrogens (primary N) is 1. The van der Waals surface area contributed by atoms with E-state index in [-0.39, 0.29) is 0 Å². The van der Waals surface area contributed by atoms with Crippen molar-refractivity contribution in [1.82, 2.24) is 4.90 Å². The molecule has 1 atom stereocenters. The van der Waals surface area contributed by atoms with E-state index < -0.39 is 0 Å². The van der Waals surface area contributed by atoms with Gasteiger partial charge in [0.2, 0.25) is 0 Å². The third-order valence-electron chi connectivity index (χ3n) is 4.30. The SMILES string of the molecule is CCSCCC(CN)N(CCC(C)C)C1CCCC1.